The molecule has 0 radical (unpaired) electrons. The lowest BCUT2D eigenvalue weighted by Crippen LogP contribution is -2.11. The first kappa shape index (κ1) is 14.4. The van der Waals surface area contributed by atoms with Crippen LogP contribution in [0.3, 0.4) is 0 Å². The van der Waals surface area contributed by atoms with Gasteiger partial charge in [-0.25, -0.2) is 0 Å². The molecule has 0 spiro atoms. The van der Waals surface area contributed by atoms with E-state index in [1.807, 2.05) is 0 Å². The average Bonchev–Trinajstić information content (AvgIpc) is 2.56. The largest absolute Gasteiger partial charge is 0.344 e. The van der Waals surface area contributed by atoms with Gasteiger partial charge in [0.25, 0.3) is 0 Å². The van der Waals surface area contributed by atoms with Crippen molar-refractivity contribution in [1.29, 1.82) is 0 Å². The van der Waals surface area contributed by atoms with Crippen LogP contribution in [0.25, 0.3) is 11.1 Å². The van der Waals surface area contributed by atoms with Crippen LogP contribution in [0.4, 0.5) is 11.4 Å². The molecule has 110 valence electrons. The lowest BCUT2D eigenvalue weighted by atomic mass is 9.94. The topological polar surface area (TPSA) is 3.24 Å². The highest BCUT2D eigenvalue weighted by Crippen LogP contribution is 2.37. The summed E-state index contributed by atoms with van der Waals surface area (Å²) < 4.78 is 0. The van der Waals surface area contributed by atoms with E-state index in [1.54, 1.807) is 0 Å². The Morgan fingerprint density at radius 1 is 0.636 bits per heavy atom. The van der Waals surface area contributed by atoms with E-state index in [2.05, 4.69) is 98.6 Å². The molecule has 0 bridgehead atoms. The molecule has 22 heavy (non-hydrogen) atoms. The summed E-state index contributed by atoms with van der Waals surface area (Å²) in [7, 11) is 2.13. The summed E-state index contributed by atoms with van der Waals surface area (Å²) >= 11 is 0. The van der Waals surface area contributed by atoms with Crippen molar-refractivity contribution in [2.75, 3.05) is 11.9 Å². The molecule has 1 heteroatoms. The molecule has 0 atom stereocenters. The molecule has 0 fully saturated rings. The molecule has 0 aromatic heterocycles. The van der Waals surface area contributed by atoms with Gasteiger partial charge in [0, 0.05) is 24.0 Å². The van der Waals surface area contributed by atoms with Crippen molar-refractivity contribution in [3.8, 4) is 11.1 Å². The lowest BCUT2D eigenvalue weighted by molar-refractivity contribution is 1.20. The van der Waals surface area contributed by atoms with Gasteiger partial charge < -0.3 is 4.90 Å². The highest BCUT2D eigenvalue weighted by atomic mass is 15.1. The Balaban J connectivity index is 2.18. The maximum Gasteiger partial charge on any atom is 0.0490 e. The Bertz CT molecular complexity index is 775. The minimum Gasteiger partial charge on any atom is -0.344 e. The Morgan fingerprint density at radius 2 is 1.27 bits per heavy atom. The van der Waals surface area contributed by atoms with Crippen LogP contribution in [-0.4, -0.2) is 7.05 Å². The van der Waals surface area contributed by atoms with Gasteiger partial charge in [-0.05, 0) is 48.7 Å². The van der Waals surface area contributed by atoms with Crippen molar-refractivity contribution < 1.29 is 0 Å². The third-order valence-corrected chi connectivity index (χ3v) is 4.17. The highest BCUT2D eigenvalue weighted by Gasteiger charge is 2.14. The van der Waals surface area contributed by atoms with Gasteiger partial charge in [-0.15, -0.1) is 0 Å². The van der Waals surface area contributed by atoms with E-state index in [-0.39, 0.29) is 0 Å². The summed E-state index contributed by atoms with van der Waals surface area (Å²) in [5, 5.41) is 0. The van der Waals surface area contributed by atoms with E-state index in [1.165, 1.54) is 33.6 Å². The second-order valence-corrected chi connectivity index (χ2v) is 5.68. The zero-order chi connectivity index (χ0) is 15.5. The predicted octanol–water partition coefficient (Wildman–Crippen LogP) is 5.74. The fourth-order valence-electron chi connectivity index (χ4n) is 2.93. The van der Waals surface area contributed by atoms with Crippen LogP contribution in [-0.2, 0) is 0 Å². The first-order valence-corrected chi connectivity index (χ1v) is 7.63. The van der Waals surface area contributed by atoms with Crippen LogP contribution >= 0.6 is 0 Å². The number of hydrogen-bond donors (Lipinski definition) is 0. The molecule has 0 aliphatic rings. The Labute approximate surface area is 132 Å². The van der Waals surface area contributed by atoms with Crippen LogP contribution in [0, 0.1) is 13.8 Å². The first-order chi connectivity index (χ1) is 10.7. The Morgan fingerprint density at radius 3 is 2.00 bits per heavy atom. The number of anilines is 2. The fourth-order valence-corrected chi connectivity index (χ4v) is 2.93. The van der Waals surface area contributed by atoms with E-state index in [0.717, 1.165) is 0 Å². The molecule has 0 N–H and O–H groups in total. The predicted molar refractivity (Wildman–Crippen MR) is 95.9 cm³/mol. The van der Waals surface area contributed by atoms with Crippen molar-refractivity contribution in [1.82, 2.24) is 0 Å². The van der Waals surface area contributed by atoms with E-state index in [9.17, 15) is 0 Å². The van der Waals surface area contributed by atoms with Crippen molar-refractivity contribution in [2.45, 2.75) is 13.8 Å². The molecule has 3 aromatic carbocycles. The maximum absolute atomic E-state index is 2.26. The molecule has 3 aromatic rings. The summed E-state index contributed by atoms with van der Waals surface area (Å²) in [6, 6.07) is 25.6. The monoisotopic (exact) mass is 287 g/mol. The molecule has 0 unspecified atom stereocenters. The standard InChI is InChI=1S/C21H21N/c1-16-10-7-8-14-19(16)21-17(2)11-9-15-20(21)22(3)18-12-5-4-6-13-18/h4-15H,1-3H3. The number of aryl methyl sites for hydroxylation is 2. The summed E-state index contributed by atoms with van der Waals surface area (Å²) in [6.07, 6.45) is 0. The van der Waals surface area contributed by atoms with Gasteiger partial charge in [0.1, 0.15) is 0 Å². The zero-order valence-corrected chi connectivity index (χ0v) is 13.4. The van der Waals surface area contributed by atoms with Crippen LogP contribution in [0.5, 0.6) is 0 Å². The molecule has 3 rings (SSSR count). The van der Waals surface area contributed by atoms with E-state index >= 15 is 0 Å². The smallest absolute Gasteiger partial charge is 0.0490 e. The van der Waals surface area contributed by atoms with E-state index < -0.39 is 0 Å². The van der Waals surface area contributed by atoms with Crippen molar-refractivity contribution in [3.05, 3.63) is 83.9 Å². The molecular formula is C21H21N. The van der Waals surface area contributed by atoms with Gasteiger partial charge in [-0.3, -0.25) is 0 Å². The van der Waals surface area contributed by atoms with Gasteiger partial charge in [-0.2, -0.15) is 0 Å². The summed E-state index contributed by atoms with van der Waals surface area (Å²) in [4.78, 5) is 2.26. The normalized spacial score (nSPS) is 10.5. The molecule has 0 heterocycles. The van der Waals surface area contributed by atoms with Crippen LogP contribution < -0.4 is 4.90 Å². The third kappa shape index (κ3) is 2.62. The van der Waals surface area contributed by atoms with Gasteiger partial charge in [-0.1, -0.05) is 54.6 Å². The summed E-state index contributed by atoms with van der Waals surface area (Å²) in [5.74, 6) is 0. The van der Waals surface area contributed by atoms with Crippen LogP contribution in [0.15, 0.2) is 72.8 Å². The number of benzene rings is 3. The molecule has 0 saturated heterocycles. The molecular weight excluding hydrogens is 266 g/mol. The van der Waals surface area contributed by atoms with Gasteiger partial charge in [0.05, 0.1) is 0 Å². The highest BCUT2D eigenvalue weighted by molar-refractivity contribution is 5.85. The second kappa shape index (κ2) is 6.07. The van der Waals surface area contributed by atoms with E-state index in [4.69, 9.17) is 0 Å². The average molecular weight is 287 g/mol. The summed E-state index contributed by atoms with van der Waals surface area (Å²) in [6.45, 7) is 4.36. The van der Waals surface area contributed by atoms with Crippen LogP contribution in [0.2, 0.25) is 0 Å². The number of para-hydroxylation sites is 1. The quantitative estimate of drug-likeness (QED) is 0.594. The van der Waals surface area contributed by atoms with Gasteiger partial charge >= 0.3 is 0 Å². The molecule has 0 aliphatic heterocycles. The van der Waals surface area contributed by atoms with Crippen molar-refractivity contribution in [3.63, 3.8) is 0 Å². The number of nitrogens with zero attached hydrogens (tertiary/aromatic N) is 1. The van der Waals surface area contributed by atoms with Crippen LogP contribution in [0.1, 0.15) is 11.1 Å². The lowest BCUT2D eigenvalue weighted by Gasteiger charge is -2.24. The van der Waals surface area contributed by atoms with Gasteiger partial charge in [0.2, 0.25) is 0 Å². The van der Waals surface area contributed by atoms with Crippen molar-refractivity contribution in [2.24, 2.45) is 0 Å². The first-order valence-electron chi connectivity index (χ1n) is 7.63. The Kier molecular flexibility index (Phi) is 3.97. The minimum atomic E-state index is 1.20. The Hall–Kier alpha value is -2.54. The zero-order valence-electron chi connectivity index (χ0n) is 13.4. The molecule has 0 aliphatic carbocycles. The number of hydrogen-bond acceptors (Lipinski definition) is 1. The molecule has 1 nitrogen and oxygen atoms in total. The molecule has 0 amide bonds. The number of rotatable bonds is 3. The second-order valence-electron chi connectivity index (χ2n) is 5.68. The SMILES string of the molecule is Cc1ccccc1-c1c(C)cccc1N(C)c1ccccc1. The van der Waals surface area contributed by atoms with Gasteiger partial charge in [0.15, 0.2) is 0 Å². The molecule has 0 saturated carbocycles. The van der Waals surface area contributed by atoms with Crippen molar-refractivity contribution >= 4 is 11.4 Å². The van der Waals surface area contributed by atoms with E-state index in [0.29, 0.717) is 0 Å². The maximum atomic E-state index is 2.26. The minimum absolute atomic E-state index is 1.20. The fraction of sp³-hybridized carbons (Fsp3) is 0.143. The summed E-state index contributed by atoms with van der Waals surface area (Å²) in [5.41, 5.74) is 7.66. The third-order valence-electron chi connectivity index (χ3n) is 4.17.